The zero-order chi connectivity index (χ0) is 16.4. The van der Waals surface area contributed by atoms with E-state index in [0.29, 0.717) is 17.7 Å². The first-order valence-electron chi connectivity index (χ1n) is 9.43. The summed E-state index contributed by atoms with van der Waals surface area (Å²) in [5.41, 5.74) is 1.80. The van der Waals surface area contributed by atoms with Gasteiger partial charge >= 0.3 is 0 Å². The Morgan fingerprint density at radius 1 is 1.08 bits per heavy atom. The summed E-state index contributed by atoms with van der Waals surface area (Å²) in [4.78, 5) is 19.2. The minimum Gasteiger partial charge on any atom is -0.440 e. The van der Waals surface area contributed by atoms with Gasteiger partial charge in [0.25, 0.3) is 0 Å². The molecule has 1 aliphatic heterocycles. The lowest BCUT2D eigenvalue weighted by atomic mass is 9.86. The number of para-hydroxylation sites is 2. The average molecular weight is 326 g/mol. The number of benzene rings is 1. The van der Waals surface area contributed by atoms with Gasteiger partial charge in [-0.1, -0.05) is 31.4 Å². The van der Waals surface area contributed by atoms with Gasteiger partial charge in [0.2, 0.25) is 5.91 Å². The smallest absolute Gasteiger partial charge is 0.222 e. The number of fused-ring (bicyclic) bond motifs is 1. The summed E-state index contributed by atoms with van der Waals surface area (Å²) in [6.07, 6.45) is 9.12. The standard InChI is InChI=1S/C20H26N2O2/c23-19(14-15-6-2-1-3-7-15)22-12-10-16(11-13-22)20-21-17-8-4-5-9-18(17)24-20/h4-5,8-9,15-16H,1-3,6-7,10-14H2. The Kier molecular flexibility index (Phi) is 4.54. The van der Waals surface area contributed by atoms with Crippen molar-refractivity contribution in [2.24, 2.45) is 5.92 Å². The van der Waals surface area contributed by atoms with E-state index in [0.717, 1.165) is 49.3 Å². The highest BCUT2D eigenvalue weighted by atomic mass is 16.3. The Hall–Kier alpha value is -1.84. The molecule has 0 bridgehead atoms. The number of carbonyl (C=O) groups is 1. The fourth-order valence-electron chi connectivity index (χ4n) is 4.21. The summed E-state index contributed by atoms with van der Waals surface area (Å²) >= 11 is 0. The molecule has 4 rings (SSSR count). The highest BCUT2D eigenvalue weighted by molar-refractivity contribution is 5.76. The number of rotatable bonds is 3. The molecule has 24 heavy (non-hydrogen) atoms. The molecule has 0 unspecified atom stereocenters. The van der Waals surface area contributed by atoms with Crippen molar-refractivity contribution in [3.63, 3.8) is 0 Å². The van der Waals surface area contributed by atoms with Gasteiger partial charge < -0.3 is 9.32 Å². The number of hydrogen-bond acceptors (Lipinski definition) is 3. The molecule has 2 aromatic rings. The van der Waals surface area contributed by atoms with Crippen molar-refractivity contribution in [2.45, 2.75) is 57.3 Å². The van der Waals surface area contributed by atoms with Gasteiger partial charge in [0, 0.05) is 25.4 Å². The number of piperidine rings is 1. The van der Waals surface area contributed by atoms with Crippen LogP contribution in [-0.4, -0.2) is 28.9 Å². The maximum absolute atomic E-state index is 12.5. The first kappa shape index (κ1) is 15.7. The van der Waals surface area contributed by atoms with Crippen LogP contribution in [0.15, 0.2) is 28.7 Å². The predicted octanol–water partition coefficient (Wildman–Crippen LogP) is 4.50. The zero-order valence-corrected chi connectivity index (χ0v) is 14.2. The van der Waals surface area contributed by atoms with E-state index in [9.17, 15) is 4.79 Å². The minimum atomic E-state index is 0.344. The number of likely N-dealkylation sites (tertiary alicyclic amines) is 1. The molecule has 0 N–H and O–H groups in total. The Morgan fingerprint density at radius 3 is 2.58 bits per heavy atom. The van der Waals surface area contributed by atoms with E-state index in [1.54, 1.807) is 0 Å². The summed E-state index contributed by atoms with van der Waals surface area (Å²) < 4.78 is 5.91. The Labute approximate surface area is 143 Å². The molecule has 1 aromatic heterocycles. The molecule has 0 radical (unpaired) electrons. The summed E-state index contributed by atoms with van der Waals surface area (Å²) in [7, 11) is 0. The third kappa shape index (κ3) is 3.33. The second-order valence-electron chi connectivity index (χ2n) is 7.38. The molecule has 1 saturated carbocycles. The monoisotopic (exact) mass is 326 g/mol. The van der Waals surface area contributed by atoms with E-state index in [4.69, 9.17) is 4.42 Å². The lowest BCUT2D eigenvalue weighted by Gasteiger charge is -2.32. The quantitative estimate of drug-likeness (QED) is 0.834. The van der Waals surface area contributed by atoms with Crippen LogP contribution in [0.4, 0.5) is 0 Å². The van der Waals surface area contributed by atoms with E-state index in [2.05, 4.69) is 9.88 Å². The van der Waals surface area contributed by atoms with Crippen molar-refractivity contribution >= 4 is 17.0 Å². The minimum absolute atomic E-state index is 0.344. The van der Waals surface area contributed by atoms with Crippen molar-refractivity contribution < 1.29 is 9.21 Å². The second-order valence-corrected chi connectivity index (χ2v) is 7.38. The third-order valence-corrected chi connectivity index (χ3v) is 5.70. The van der Waals surface area contributed by atoms with Gasteiger partial charge in [-0.15, -0.1) is 0 Å². The topological polar surface area (TPSA) is 46.3 Å². The van der Waals surface area contributed by atoms with Crippen LogP contribution in [0.2, 0.25) is 0 Å². The van der Waals surface area contributed by atoms with Crippen molar-refractivity contribution in [3.05, 3.63) is 30.2 Å². The molecule has 2 aliphatic rings. The fourth-order valence-corrected chi connectivity index (χ4v) is 4.21. The molecule has 0 spiro atoms. The number of aromatic nitrogens is 1. The van der Waals surface area contributed by atoms with Crippen LogP contribution in [0.1, 0.15) is 63.2 Å². The molecule has 1 saturated heterocycles. The van der Waals surface area contributed by atoms with Crippen LogP contribution in [0, 0.1) is 5.92 Å². The van der Waals surface area contributed by atoms with E-state index >= 15 is 0 Å². The van der Waals surface area contributed by atoms with Gasteiger partial charge in [-0.3, -0.25) is 4.79 Å². The van der Waals surface area contributed by atoms with Gasteiger partial charge in [0.05, 0.1) is 0 Å². The van der Waals surface area contributed by atoms with Gasteiger partial charge in [0.1, 0.15) is 5.52 Å². The van der Waals surface area contributed by atoms with Gasteiger partial charge in [-0.2, -0.15) is 0 Å². The highest BCUT2D eigenvalue weighted by Crippen LogP contribution is 2.31. The van der Waals surface area contributed by atoms with Crippen molar-refractivity contribution in [1.82, 2.24) is 9.88 Å². The van der Waals surface area contributed by atoms with Crippen LogP contribution in [-0.2, 0) is 4.79 Å². The number of carbonyl (C=O) groups excluding carboxylic acids is 1. The lowest BCUT2D eigenvalue weighted by Crippen LogP contribution is -2.38. The third-order valence-electron chi connectivity index (χ3n) is 5.70. The average Bonchev–Trinajstić information content (AvgIpc) is 3.07. The molecule has 2 heterocycles. The number of oxazole rings is 1. The van der Waals surface area contributed by atoms with E-state index < -0.39 is 0 Å². The summed E-state index contributed by atoms with van der Waals surface area (Å²) in [5.74, 6) is 2.17. The van der Waals surface area contributed by atoms with Crippen molar-refractivity contribution in [2.75, 3.05) is 13.1 Å². The van der Waals surface area contributed by atoms with Crippen LogP contribution in [0.3, 0.4) is 0 Å². The van der Waals surface area contributed by atoms with E-state index in [1.807, 2.05) is 24.3 Å². The molecular formula is C20H26N2O2. The largest absolute Gasteiger partial charge is 0.440 e. The predicted molar refractivity (Wildman–Crippen MR) is 93.8 cm³/mol. The Balaban J connectivity index is 1.33. The molecule has 0 atom stereocenters. The van der Waals surface area contributed by atoms with E-state index in [1.165, 1.54) is 32.1 Å². The normalized spacial score (nSPS) is 20.6. The molecule has 1 amide bonds. The second kappa shape index (κ2) is 6.96. The fraction of sp³-hybridized carbons (Fsp3) is 0.600. The Bertz CT molecular complexity index is 661. The molecular weight excluding hydrogens is 300 g/mol. The van der Waals surface area contributed by atoms with Crippen LogP contribution >= 0.6 is 0 Å². The van der Waals surface area contributed by atoms with Crippen LogP contribution in [0.5, 0.6) is 0 Å². The van der Waals surface area contributed by atoms with E-state index in [-0.39, 0.29) is 0 Å². The van der Waals surface area contributed by atoms with Gasteiger partial charge in [-0.25, -0.2) is 4.98 Å². The maximum atomic E-state index is 12.5. The molecule has 128 valence electrons. The molecule has 1 aromatic carbocycles. The zero-order valence-electron chi connectivity index (χ0n) is 14.2. The highest BCUT2D eigenvalue weighted by Gasteiger charge is 2.28. The Morgan fingerprint density at radius 2 is 1.83 bits per heavy atom. The van der Waals surface area contributed by atoms with Crippen molar-refractivity contribution in [1.29, 1.82) is 0 Å². The van der Waals surface area contributed by atoms with Gasteiger partial charge in [0.15, 0.2) is 11.5 Å². The summed E-state index contributed by atoms with van der Waals surface area (Å²) in [5, 5.41) is 0. The molecule has 4 heteroatoms. The molecule has 4 nitrogen and oxygen atoms in total. The number of amides is 1. The van der Waals surface area contributed by atoms with Gasteiger partial charge in [-0.05, 0) is 43.7 Å². The SMILES string of the molecule is O=C(CC1CCCCC1)N1CCC(c2nc3ccccc3o2)CC1. The first-order chi connectivity index (χ1) is 11.8. The lowest BCUT2D eigenvalue weighted by molar-refractivity contribution is -0.133. The summed E-state index contributed by atoms with van der Waals surface area (Å²) in [6.45, 7) is 1.68. The van der Waals surface area contributed by atoms with Crippen LogP contribution < -0.4 is 0 Å². The van der Waals surface area contributed by atoms with Crippen molar-refractivity contribution in [3.8, 4) is 0 Å². The first-order valence-corrected chi connectivity index (χ1v) is 9.43. The summed E-state index contributed by atoms with van der Waals surface area (Å²) in [6, 6.07) is 7.92. The number of nitrogens with zero attached hydrogens (tertiary/aromatic N) is 2. The maximum Gasteiger partial charge on any atom is 0.222 e. The molecule has 2 fully saturated rings. The van der Waals surface area contributed by atoms with Crippen LogP contribution in [0.25, 0.3) is 11.1 Å². The molecule has 1 aliphatic carbocycles. The number of hydrogen-bond donors (Lipinski definition) is 0.